The topological polar surface area (TPSA) is 29.1 Å². The number of carbonyl (C=O) groups is 1. The van der Waals surface area contributed by atoms with Gasteiger partial charge in [-0.1, -0.05) is 55.8 Å². The predicted octanol–water partition coefficient (Wildman–Crippen LogP) is 5.22. The Labute approximate surface area is 138 Å². The molecule has 3 rings (SSSR count). The van der Waals surface area contributed by atoms with Gasteiger partial charge in [-0.2, -0.15) is 0 Å². The zero-order valence-electron chi connectivity index (χ0n) is 14.0. The van der Waals surface area contributed by atoms with Crippen LogP contribution in [0.4, 0.5) is 5.69 Å². The lowest BCUT2D eigenvalue weighted by molar-refractivity contribution is -0.110. The van der Waals surface area contributed by atoms with Crippen molar-refractivity contribution in [3.8, 4) is 0 Å². The molecule has 1 N–H and O–H groups in total. The molecule has 1 heterocycles. The number of amides is 1. The Morgan fingerprint density at radius 1 is 1.04 bits per heavy atom. The Morgan fingerprint density at radius 3 is 2.52 bits per heavy atom. The van der Waals surface area contributed by atoms with E-state index in [1.807, 2.05) is 12.1 Å². The summed E-state index contributed by atoms with van der Waals surface area (Å²) in [6, 6.07) is 14.5. The van der Waals surface area contributed by atoms with Gasteiger partial charge in [0.15, 0.2) is 0 Å². The molecule has 0 bridgehead atoms. The normalized spacial score (nSPS) is 16.3. The molecule has 2 aromatic rings. The molecule has 0 saturated carbocycles. The van der Waals surface area contributed by atoms with Gasteiger partial charge in [-0.15, -0.1) is 0 Å². The van der Waals surface area contributed by atoms with Crippen LogP contribution >= 0.6 is 0 Å². The minimum Gasteiger partial charge on any atom is -0.321 e. The third-order valence-electron chi connectivity index (χ3n) is 4.59. The van der Waals surface area contributed by atoms with Crippen molar-refractivity contribution in [3.63, 3.8) is 0 Å². The summed E-state index contributed by atoms with van der Waals surface area (Å²) in [5.41, 5.74) is 6.56. The number of anilines is 1. The van der Waals surface area contributed by atoms with Gasteiger partial charge in [0.05, 0.1) is 0 Å². The molecule has 1 atom stereocenters. The molecule has 0 aliphatic carbocycles. The van der Waals surface area contributed by atoms with Crippen molar-refractivity contribution in [2.75, 3.05) is 5.32 Å². The molecule has 0 radical (unpaired) electrons. The second-order valence-electron chi connectivity index (χ2n) is 6.28. The van der Waals surface area contributed by atoms with Crippen LogP contribution in [-0.2, 0) is 4.79 Å². The van der Waals surface area contributed by atoms with Gasteiger partial charge in [0, 0.05) is 22.7 Å². The van der Waals surface area contributed by atoms with Gasteiger partial charge in [0.1, 0.15) is 0 Å². The first-order chi connectivity index (χ1) is 11.1. The van der Waals surface area contributed by atoms with Crippen LogP contribution in [0.25, 0.3) is 5.57 Å². The fraction of sp³-hybridized carbons (Fsp3) is 0.286. The second kappa shape index (κ2) is 6.41. The third kappa shape index (κ3) is 2.94. The fourth-order valence-electron chi connectivity index (χ4n) is 3.44. The summed E-state index contributed by atoms with van der Waals surface area (Å²) >= 11 is 0. The lowest BCUT2D eigenvalue weighted by atomic mass is 9.88. The van der Waals surface area contributed by atoms with Gasteiger partial charge in [-0.3, -0.25) is 4.79 Å². The maximum atomic E-state index is 12.5. The average molecular weight is 305 g/mol. The van der Waals surface area contributed by atoms with E-state index in [9.17, 15) is 4.79 Å². The van der Waals surface area contributed by atoms with Crippen molar-refractivity contribution >= 4 is 17.2 Å². The van der Waals surface area contributed by atoms with Crippen LogP contribution < -0.4 is 5.32 Å². The van der Waals surface area contributed by atoms with E-state index < -0.39 is 0 Å². The van der Waals surface area contributed by atoms with Crippen molar-refractivity contribution in [1.29, 1.82) is 0 Å². The molecule has 1 aliphatic heterocycles. The predicted molar refractivity (Wildman–Crippen MR) is 96.6 cm³/mol. The number of hydrogen-bond donors (Lipinski definition) is 1. The number of fused-ring (bicyclic) bond motifs is 1. The summed E-state index contributed by atoms with van der Waals surface area (Å²) in [7, 11) is 0. The van der Waals surface area contributed by atoms with Crippen molar-refractivity contribution in [3.05, 3.63) is 70.8 Å². The van der Waals surface area contributed by atoms with Crippen LogP contribution in [0.15, 0.2) is 48.5 Å². The van der Waals surface area contributed by atoms with Crippen molar-refractivity contribution in [2.24, 2.45) is 0 Å². The molecule has 118 valence electrons. The lowest BCUT2D eigenvalue weighted by Crippen LogP contribution is -2.06. The monoisotopic (exact) mass is 305 g/mol. The number of allylic oxidation sites excluding steroid dienone is 1. The van der Waals surface area contributed by atoms with Crippen LogP contribution in [0.3, 0.4) is 0 Å². The van der Waals surface area contributed by atoms with Crippen molar-refractivity contribution in [1.82, 2.24) is 0 Å². The molecule has 0 aromatic heterocycles. The minimum absolute atomic E-state index is 0.0176. The van der Waals surface area contributed by atoms with Crippen LogP contribution in [0.5, 0.6) is 0 Å². The van der Waals surface area contributed by atoms with Gasteiger partial charge in [0.25, 0.3) is 5.91 Å². The standard InChI is InChI=1S/C21H23NO/c1-4-8-16(17-11-6-5-9-14(17)2)13-18-20-15(3)10-7-12-19(20)22-21(18)23/h5-7,9-13,16H,4,8H2,1-3H3,(H,22,23)/b18-13-. The minimum atomic E-state index is 0.0176. The first-order valence-corrected chi connectivity index (χ1v) is 8.30. The molecule has 2 heteroatoms. The Kier molecular flexibility index (Phi) is 4.33. The molecular weight excluding hydrogens is 282 g/mol. The van der Waals surface area contributed by atoms with Crippen molar-refractivity contribution < 1.29 is 4.79 Å². The average Bonchev–Trinajstić information content (AvgIpc) is 2.84. The number of aryl methyl sites for hydroxylation is 2. The highest BCUT2D eigenvalue weighted by Gasteiger charge is 2.26. The number of hydrogen-bond acceptors (Lipinski definition) is 1. The van der Waals surface area contributed by atoms with Gasteiger partial charge in [-0.05, 0) is 43.0 Å². The van der Waals surface area contributed by atoms with E-state index >= 15 is 0 Å². The Hall–Kier alpha value is -2.35. The molecule has 0 spiro atoms. The first-order valence-electron chi connectivity index (χ1n) is 8.30. The van der Waals surface area contributed by atoms with E-state index in [0.717, 1.165) is 35.2 Å². The van der Waals surface area contributed by atoms with Crippen molar-refractivity contribution in [2.45, 2.75) is 39.5 Å². The number of carbonyl (C=O) groups excluding carboxylic acids is 1. The molecular formula is C21H23NO. The van der Waals surface area contributed by atoms with E-state index in [0.29, 0.717) is 0 Å². The summed E-state index contributed by atoms with van der Waals surface area (Å²) < 4.78 is 0. The molecule has 1 amide bonds. The van der Waals surface area contributed by atoms with Crippen LogP contribution in [-0.4, -0.2) is 5.91 Å². The van der Waals surface area contributed by atoms with Gasteiger partial charge in [0.2, 0.25) is 0 Å². The summed E-state index contributed by atoms with van der Waals surface area (Å²) in [5.74, 6) is 0.288. The fourth-order valence-corrected chi connectivity index (χ4v) is 3.44. The molecule has 1 aliphatic rings. The Bertz CT molecular complexity index is 773. The molecule has 0 saturated heterocycles. The van der Waals surface area contributed by atoms with E-state index in [2.05, 4.69) is 62.5 Å². The highest BCUT2D eigenvalue weighted by atomic mass is 16.2. The van der Waals surface area contributed by atoms with E-state index in [4.69, 9.17) is 0 Å². The van der Waals surface area contributed by atoms with Gasteiger partial charge < -0.3 is 5.32 Å². The maximum Gasteiger partial charge on any atom is 0.256 e. The molecule has 2 nitrogen and oxygen atoms in total. The number of rotatable bonds is 4. The van der Waals surface area contributed by atoms with Crippen LogP contribution in [0.1, 0.15) is 47.9 Å². The Morgan fingerprint density at radius 2 is 1.78 bits per heavy atom. The third-order valence-corrected chi connectivity index (χ3v) is 4.59. The SMILES string of the molecule is CCCC(/C=C1\C(=O)Nc2cccc(C)c21)c1ccccc1C. The smallest absolute Gasteiger partial charge is 0.256 e. The van der Waals surface area contributed by atoms with Gasteiger partial charge >= 0.3 is 0 Å². The Balaban J connectivity index is 2.08. The molecule has 2 aromatic carbocycles. The van der Waals surface area contributed by atoms with Gasteiger partial charge in [-0.25, -0.2) is 0 Å². The summed E-state index contributed by atoms with van der Waals surface area (Å²) in [6.45, 7) is 6.40. The molecule has 1 unspecified atom stereocenters. The maximum absolute atomic E-state index is 12.5. The van der Waals surface area contributed by atoms with Crippen LogP contribution in [0.2, 0.25) is 0 Å². The van der Waals surface area contributed by atoms with Crippen LogP contribution in [0, 0.1) is 13.8 Å². The number of benzene rings is 2. The largest absolute Gasteiger partial charge is 0.321 e. The quantitative estimate of drug-likeness (QED) is 0.771. The summed E-state index contributed by atoms with van der Waals surface area (Å²) in [5, 5.41) is 2.99. The van der Waals surface area contributed by atoms with E-state index in [1.165, 1.54) is 11.1 Å². The number of nitrogens with one attached hydrogen (secondary N) is 1. The second-order valence-corrected chi connectivity index (χ2v) is 6.28. The lowest BCUT2D eigenvalue weighted by Gasteiger charge is -2.16. The van der Waals surface area contributed by atoms with E-state index in [-0.39, 0.29) is 11.8 Å². The summed E-state index contributed by atoms with van der Waals surface area (Å²) in [6.07, 6.45) is 4.30. The zero-order valence-corrected chi connectivity index (χ0v) is 14.0. The van der Waals surface area contributed by atoms with E-state index in [1.54, 1.807) is 0 Å². The summed E-state index contributed by atoms with van der Waals surface area (Å²) in [4.78, 5) is 12.5. The molecule has 23 heavy (non-hydrogen) atoms. The highest BCUT2D eigenvalue weighted by molar-refractivity contribution is 6.32. The first kappa shape index (κ1) is 15.5. The molecule has 0 fully saturated rings. The zero-order chi connectivity index (χ0) is 16.4. The highest BCUT2D eigenvalue weighted by Crippen LogP contribution is 2.37.